The van der Waals surface area contributed by atoms with Crippen LogP contribution in [-0.4, -0.2) is 39.7 Å². The van der Waals surface area contributed by atoms with Crippen molar-refractivity contribution in [3.8, 4) is 5.75 Å². The molecule has 2 aromatic carbocycles. The summed E-state index contributed by atoms with van der Waals surface area (Å²) in [6, 6.07) is 10.5. The normalized spacial score (nSPS) is 20.1. The number of hydrazone groups is 1. The summed E-state index contributed by atoms with van der Waals surface area (Å²) in [6.45, 7) is 1.23. The molecule has 1 N–H and O–H groups in total. The van der Waals surface area contributed by atoms with Crippen LogP contribution in [-0.2, 0) is 4.79 Å². The summed E-state index contributed by atoms with van der Waals surface area (Å²) in [7, 11) is 0. The highest BCUT2D eigenvalue weighted by atomic mass is 79.9. The van der Waals surface area contributed by atoms with Crippen LogP contribution in [0.4, 0.5) is 13.2 Å². The van der Waals surface area contributed by atoms with Crippen LogP contribution in [0.5, 0.6) is 5.75 Å². The second-order valence-corrected chi connectivity index (χ2v) is 8.29. The lowest BCUT2D eigenvalue weighted by Crippen LogP contribution is -2.58. The van der Waals surface area contributed by atoms with E-state index in [1.165, 1.54) is 37.3 Å². The fourth-order valence-corrected chi connectivity index (χ4v) is 3.50. The van der Waals surface area contributed by atoms with Crippen LogP contribution in [0.15, 0.2) is 52.0 Å². The van der Waals surface area contributed by atoms with Gasteiger partial charge in [0.15, 0.2) is 6.10 Å². The van der Waals surface area contributed by atoms with E-state index in [1.807, 2.05) is 0 Å². The average molecular weight is 526 g/mol. The molecule has 0 saturated carbocycles. The van der Waals surface area contributed by atoms with Gasteiger partial charge in [-0.1, -0.05) is 51.3 Å². The van der Waals surface area contributed by atoms with Crippen LogP contribution in [0.25, 0.3) is 0 Å². The maximum atomic E-state index is 13.7. The van der Waals surface area contributed by atoms with Crippen molar-refractivity contribution in [2.24, 2.45) is 5.10 Å². The lowest BCUT2D eigenvalue weighted by molar-refractivity contribution is -0.303. The SMILES string of the molecule is C[C@H](Oc1ccc(Cl)cc1Cl)C(=O)N1N=C(c2ccc(Br)cc2)C[C@]1(O)C(F)(F)F. The number of alkyl halides is 3. The second-order valence-electron chi connectivity index (χ2n) is 6.53. The Balaban J connectivity index is 1.92. The van der Waals surface area contributed by atoms with E-state index in [0.29, 0.717) is 15.1 Å². The van der Waals surface area contributed by atoms with Gasteiger partial charge in [0.1, 0.15) is 5.75 Å². The third-order valence-corrected chi connectivity index (χ3v) is 5.43. The highest BCUT2D eigenvalue weighted by molar-refractivity contribution is 9.10. The first-order chi connectivity index (χ1) is 13.9. The molecule has 3 rings (SSSR count). The van der Waals surface area contributed by atoms with E-state index in [1.54, 1.807) is 12.1 Å². The first-order valence-corrected chi connectivity index (χ1v) is 10.1. The van der Waals surface area contributed by atoms with E-state index < -0.39 is 30.3 Å². The van der Waals surface area contributed by atoms with Crippen molar-refractivity contribution in [1.82, 2.24) is 5.01 Å². The fourth-order valence-electron chi connectivity index (χ4n) is 2.78. The van der Waals surface area contributed by atoms with Gasteiger partial charge in [0.2, 0.25) is 0 Å². The molecule has 1 amide bonds. The molecule has 0 bridgehead atoms. The molecule has 1 aliphatic rings. The largest absolute Gasteiger partial charge is 0.479 e. The van der Waals surface area contributed by atoms with Crippen molar-refractivity contribution >= 4 is 50.8 Å². The van der Waals surface area contributed by atoms with Crippen molar-refractivity contribution in [3.63, 3.8) is 0 Å². The Morgan fingerprint density at radius 3 is 2.47 bits per heavy atom. The minimum absolute atomic E-state index is 0.0267. The van der Waals surface area contributed by atoms with Crippen LogP contribution < -0.4 is 4.74 Å². The lowest BCUT2D eigenvalue weighted by atomic mass is 10.0. The summed E-state index contributed by atoms with van der Waals surface area (Å²) in [5.41, 5.74) is -3.26. The minimum Gasteiger partial charge on any atom is -0.479 e. The monoisotopic (exact) mass is 524 g/mol. The summed E-state index contributed by atoms with van der Waals surface area (Å²) in [5, 5.41) is 14.6. The number of carbonyl (C=O) groups excluding carboxylic acids is 1. The maximum absolute atomic E-state index is 13.7. The van der Waals surface area contributed by atoms with Gasteiger partial charge in [-0.25, -0.2) is 0 Å². The Hall–Kier alpha value is -1.81. The zero-order chi connectivity index (χ0) is 22.3. The van der Waals surface area contributed by atoms with E-state index in [2.05, 4.69) is 21.0 Å². The van der Waals surface area contributed by atoms with E-state index >= 15 is 0 Å². The van der Waals surface area contributed by atoms with Gasteiger partial charge in [0, 0.05) is 9.50 Å². The molecule has 1 aliphatic heterocycles. The third kappa shape index (κ3) is 4.44. The Bertz CT molecular complexity index is 1000. The number of benzene rings is 2. The van der Waals surface area contributed by atoms with Crippen LogP contribution in [0.3, 0.4) is 0 Å². The van der Waals surface area contributed by atoms with Gasteiger partial charge in [-0.2, -0.15) is 23.3 Å². The summed E-state index contributed by atoms with van der Waals surface area (Å²) in [6.07, 6.45) is -7.50. The summed E-state index contributed by atoms with van der Waals surface area (Å²) in [5.74, 6) is -1.14. The molecule has 5 nitrogen and oxygen atoms in total. The molecule has 0 aliphatic carbocycles. The smallest absolute Gasteiger partial charge is 0.438 e. The highest BCUT2D eigenvalue weighted by Gasteiger charge is 2.63. The number of nitrogens with zero attached hydrogens (tertiary/aromatic N) is 2. The molecule has 2 atom stereocenters. The zero-order valence-corrected chi connectivity index (χ0v) is 18.3. The number of hydrogen-bond acceptors (Lipinski definition) is 4. The molecule has 0 unspecified atom stereocenters. The molecule has 0 fully saturated rings. The van der Waals surface area contributed by atoms with Crippen LogP contribution in [0.1, 0.15) is 18.9 Å². The van der Waals surface area contributed by atoms with Gasteiger partial charge in [0.05, 0.1) is 17.2 Å². The van der Waals surface area contributed by atoms with Crippen LogP contribution >= 0.6 is 39.1 Å². The van der Waals surface area contributed by atoms with Gasteiger partial charge in [0.25, 0.3) is 11.6 Å². The summed E-state index contributed by atoms with van der Waals surface area (Å²) >= 11 is 15.0. The first kappa shape index (κ1) is 22.9. The lowest BCUT2D eigenvalue weighted by Gasteiger charge is -2.33. The molecule has 1 heterocycles. The van der Waals surface area contributed by atoms with E-state index in [-0.39, 0.29) is 21.5 Å². The molecule has 0 saturated heterocycles. The number of hydrogen-bond donors (Lipinski definition) is 1. The fraction of sp³-hybridized carbons (Fsp3) is 0.263. The number of rotatable bonds is 4. The Kier molecular flexibility index (Phi) is 6.38. The van der Waals surface area contributed by atoms with Crippen molar-refractivity contribution in [1.29, 1.82) is 0 Å². The Labute approximate surface area is 188 Å². The molecular weight excluding hydrogens is 512 g/mol. The van der Waals surface area contributed by atoms with Gasteiger partial charge in [-0.15, -0.1) is 0 Å². The molecule has 0 aromatic heterocycles. The Morgan fingerprint density at radius 1 is 1.27 bits per heavy atom. The van der Waals surface area contributed by atoms with Crippen LogP contribution in [0.2, 0.25) is 10.0 Å². The molecule has 2 aromatic rings. The second kappa shape index (κ2) is 8.37. The summed E-state index contributed by atoms with van der Waals surface area (Å²) < 4.78 is 47.2. The number of carbonyl (C=O) groups is 1. The van der Waals surface area contributed by atoms with Crippen molar-refractivity contribution in [2.75, 3.05) is 0 Å². The molecular formula is C19H14BrCl2F3N2O3. The predicted molar refractivity (Wildman–Crippen MR) is 110 cm³/mol. The number of amides is 1. The van der Waals surface area contributed by atoms with E-state index in [4.69, 9.17) is 27.9 Å². The van der Waals surface area contributed by atoms with Crippen LogP contribution in [0, 0.1) is 0 Å². The van der Waals surface area contributed by atoms with Gasteiger partial charge in [-0.05, 0) is 42.8 Å². The number of aliphatic hydroxyl groups is 1. The van der Waals surface area contributed by atoms with Crippen molar-refractivity contribution in [2.45, 2.75) is 31.3 Å². The molecule has 30 heavy (non-hydrogen) atoms. The quantitative estimate of drug-likeness (QED) is 0.580. The topological polar surface area (TPSA) is 62.1 Å². The summed E-state index contributed by atoms with van der Waals surface area (Å²) in [4.78, 5) is 12.8. The van der Waals surface area contributed by atoms with E-state index in [0.717, 1.165) is 0 Å². The number of ether oxygens (including phenoxy) is 1. The minimum atomic E-state index is -5.15. The molecule has 160 valence electrons. The van der Waals surface area contributed by atoms with Gasteiger partial charge >= 0.3 is 6.18 Å². The van der Waals surface area contributed by atoms with Gasteiger partial charge in [-0.3, -0.25) is 4.79 Å². The number of halogens is 6. The Morgan fingerprint density at radius 2 is 1.90 bits per heavy atom. The van der Waals surface area contributed by atoms with E-state index in [9.17, 15) is 23.1 Å². The average Bonchev–Trinajstić information content (AvgIpc) is 3.02. The zero-order valence-electron chi connectivity index (χ0n) is 15.3. The van der Waals surface area contributed by atoms with Crippen molar-refractivity contribution in [3.05, 3.63) is 62.5 Å². The first-order valence-electron chi connectivity index (χ1n) is 8.50. The molecule has 0 radical (unpaired) electrons. The highest BCUT2D eigenvalue weighted by Crippen LogP contribution is 2.42. The maximum Gasteiger partial charge on any atom is 0.438 e. The van der Waals surface area contributed by atoms with Crippen molar-refractivity contribution < 1.29 is 27.8 Å². The standard InChI is InChI=1S/C19H14BrCl2F3N2O3/c1-10(30-16-7-6-13(21)8-14(16)22)17(28)27-18(29,19(23,24)25)9-15(26-27)11-2-4-12(20)5-3-11/h2-8,10,29H,9H2,1H3/t10-,18-/m0/s1. The predicted octanol–water partition coefficient (Wildman–Crippen LogP) is 5.41. The molecule has 0 spiro atoms. The third-order valence-electron chi connectivity index (χ3n) is 4.37. The molecule has 11 heteroatoms. The van der Waals surface area contributed by atoms with Gasteiger partial charge < -0.3 is 9.84 Å².